The number of carboxylic acids is 1. The van der Waals surface area contributed by atoms with Crippen molar-refractivity contribution in [3.63, 3.8) is 0 Å². The van der Waals surface area contributed by atoms with Crippen LogP contribution >= 0.6 is 0 Å². The van der Waals surface area contributed by atoms with Gasteiger partial charge in [0, 0.05) is 32.1 Å². The predicted octanol–water partition coefficient (Wildman–Crippen LogP) is 0.625. The van der Waals surface area contributed by atoms with E-state index >= 15 is 0 Å². The number of carbonyl (C=O) groups is 2. The molecule has 1 aromatic rings. The third kappa shape index (κ3) is 3.35. The van der Waals surface area contributed by atoms with E-state index in [1.165, 1.54) is 4.31 Å². The number of aliphatic carboxylic acids is 1. The zero-order valence-electron chi connectivity index (χ0n) is 14.8. The maximum Gasteiger partial charge on any atom is 0.306 e. The number of sulfonamides is 1. The van der Waals surface area contributed by atoms with Crippen molar-refractivity contribution in [3.05, 3.63) is 11.5 Å². The first-order valence-electron chi connectivity index (χ1n) is 8.66. The summed E-state index contributed by atoms with van der Waals surface area (Å²) in [6, 6.07) is 0. The van der Waals surface area contributed by atoms with Gasteiger partial charge in [-0.1, -0.05) is 5.16 Å². The SMILES string of the molecule is Cc1noc(C)c1S(=O)(=O)N1CCN(C(=O)[C@@H]2CC[C@H](C(=O)O)C2)CC1. The van der Waals surface area contributed by atoms with Crippen LogP contribution in [0.1, 0.15) is 30.7 Å². The number of carbonyl (C=O) groups excluding carboxylic acids is 1. The van der Waals surface area contributed by atoms with Crippen LogP contribution in [0.25, 0.3) is 0 Å². The molecule has 1 saturated carbocycles. The van der Waals surface area contributed by atoms with Gasteiger partial charge in [-0.3, -0.25) is 9.59 Å². The molecule has 1 saturated heterocycles. The Kier molecular flexibility index (Phi) is 5.07. The number of rotatable bonds is 4. The highest BCUT2D eigenvalue weighted by atomic mass is 32.2. The first kappa shape index (κ1) is 18.8. The highest BCUT2D eigenvalue weighted by Crippen LogP contribution is 2.33. The lowest BCUT2D eigenvalue weighted by Crippen LogP contribution is -2.51. The predicted molar refractivity (Wildman–Crippen MR) is 89.8 cm³/mol. The van der Waals surface area contributed by atoms with Gasteiger partial charge in [-0.25, -0.2) is 8.42 Å². The third-order valence-electron chi connectivity index (χ3n) is 5.25. The van der Waals surface area contributed by atoms with Gasteiger partial charge < -0.3 is 14.5 Å². The molecule has 0 unspecified atom stereocenters. The van der Waals surface area contributed by atoms with Crippen LogP contribution in [0.15, 0.2) is 9.42 Å². The van der Waals surface area contributed by atoms with Gasteiger partial charge in [-0.15, -0.1) is 0 Å². The average Bonchev–Trinajstić information content (AvgIpc) is 3.21. The monoisotopic (exact) mass is 385 g/mol. The van der Waals surface area contributed by atoms with Crippen molar-refractivity contribution in [2.45, 2.75) is 38.0 Å². The Bertz CT molecular complexity index is 790. The smallest absolute Gasteiger partial charge is 0.306 e. The Morgan fingerprint density at radius 1 is 1.12 bits per heavy atom. The number of hydrogen-bond acceptors (Lipinski definition) is 6. The van der Waals surface area contributed by atoms with Crippen LogP contribution in [-0.2, 0) is 19.6 Å². The number of aryl methyl sites for hydroxylation is 2. The van der Waals surface area contributed by atoms with E-state index in [9.17, 15) is 18.0 Å². The van der Waals surface area contributed by atoms with Gasteiger partial charge in [-0.2, -0.15) is 4.31 Å². The molecule has 0 aromatic carbocycles. The first-order chi connectivity index (χ1) is 12.2. The van der Waals surface area contributed by atoms with Gasteiger partial charge in [0.15, 0.2) is 5.76 Å². The van der Waals surface area contributed by atoms with Crippen LogP contribution in [-0.4, -0.2) is 65.9 Å². The molecular weight excluding hydrogens is 362 g/mol. The fourth-order valence-electron chi connectivity index (χ4n) is 3.81. The molecule has 0 radical (unpaired) electrons. The molecule has 0 bridgehead atoms. The van der Waals surface area contributed by atoms with Crippen LogP contribution in [0.3, 0.4) is 0 Å². The van der Waals surface area contributed by atoms with Crippen molar-refractivity contribution in [2.24, 2.45) is 11.8 Å². The highest BCUT2D eigenvalue weighted by Gasteiger charge is 2.38. The van der Waals surface area contributed by atoms with Crippen molar-refractivity contribution in [2.75, 3.05) is 26.2 Å². The van der Waals surface area contributed by atoms with E-state index in [-0.39, 0.29) is 35.6 Å². The Labute approximate surface area is 152 Å². The Balaban J connectivity index is 1.63. The molecular formula is C16H23N3O6S. The maximum atomic E-state index is 12.8. The Morgan fingerprint density at radius 3 is 2.23 bits per heavy atom. The van der Waals surface area contributed by atoms with E-state index in [0.717, 1.165) is 0 Å². The summed E-state index contributed by atoms with van der Waals surface area (Å²) in [7, 11) is -3.71. The summed E-state index contributed by atoms with van der Waals surface area (Å²) >= 11 is 0. The largest absolute Gasteiger partial charge is 0.481 e. The molecule has 144 valence electrons. The van der Waals surface area contributed by atoms with Gasteiger partial charge >= 0.3 is 5.97 Å². The van der Waals surface area contributed by atoms with Crippen LogP contribution in [0.5, 0.6) is 0 Å². The molecule has 1 aromatic heterocycles. The Hall–Kier alpha value is -1.94. The van der Waals surface area contributed by atoms with Crippen molar-refractivity contribution in [1.82, 2.24) is 14.4 Å². The lowest BCUT2D eigenvalue weighted by Gasteiger charge is -2.35. The second kappa shape index (κ2) is 6.99. The summed E-state index contributed by atoms with van der Waals surface area (Å²) < 4.78 is 31.9. The van der Waals surface area contributed by atoms with Gasteiger partial charge in [0.05, 0.1) is 5.92 Å². The van der Waals surface area contributed by atoms with E-state index < -0.39 is 21.9 Å². The second-order valence-corrected chi connectivity index (χ2v) is 8.80. The second-order valence-electron chi connectivity index (χ2n) is 6.93. The molecule has 0 spiro atoms. The lowest BCUT2D eigenvalue weighted by molar-refractivity contribution is -0.141. The van der Waals surface area contributed by atoms with Crippen LogP contribution in [0.4, 0.5) is 0 Å². The van der Waals surface area contributed by atoms with E-state index in [0.29, 0.717) is 38.0 Å². The topological polar surface area (TPSA) is 121 Å². The number of nitrogens with zero attached hydrogens (tertiary/aromatic N) is 3. The fraction of sp³-hybridized carbons (Fsp3) is 0.688. The number of hydrogen-bond donors (Lipinski definition) is 1. The quantitative estimate of drug-likeness (QED) is 0.806. The molecule has 9 nitrogen and oxygen atoms in total. The molecule has 2 atom stereocenters. The minimum Gasteiger partial charge on any atom is -0.481 e. The number of amides is 1. The van der Waals surface area contributed by atoms with Gasteiger partial charge in [-0.05, 0) is 33.1 Å². The minimum atomic E-state index is -3.71. The van der Waals surface area contributed by atoms with Gasteiger partial charge in [0.25, 0.3) is 0 Å². The lowest BCUT2D eigenvalue weighted by atomic mass is 10.0. The van der Waals surface area contributed by atoms with Gasteiger partial charge in [0.2, 0.25) is 15.9 Å². The molecule has 2 fully saturated rings. The molecule has 10 heteroatoms. The maximum absolute atomic E-state index is 12.8. The van der Waals surface area contributed by atoms with Crippen LogP contribution in [0.2, 0.25) is 0 Å². The average molecular weight is 385 g/mol. The van der Waals surface area contributed by atoms with Crippen molar-refractivity contribution < 1.29 is 27.6 Å². The first-order valence-corrected chi connectivity index (χ1v) is 10.1. The third-order valence-corrected chi connectivity index (χ3v) is 7.39. The van der Waals surface area contributed by atoms with E-state index in [4.69, 9.17) is 9.63 Å². The standard InChI is InChI=1S/C16H23N3O6S/c1-10-14(11(2)25-17-10)26(23,24)19-7-5-18(6-8-19)15(20)12-3-4-13(9-12)16(21)22/h12-13H,3-9H2,1-2H3,(H,21,22)/t12-,13+/m1/s1. The molecule has 26 heavy (non-hydrogen) atoms. The number of piperazine rings is 1. The normalized spacial score (nSPS) is 24.8. The molecule has 2 heterocycles. The highest BCUT2D eigenvalue weighted by molar-refractivity contribution is 7.89. The molecule has 1 aliphatic carbocycles. The zero-order valence-corrected chi connectivity index (χ0v) is 15.7. The summed E-state index contributed by atoms with van der Waals surface area (Å²) in [6.07, 6.45) is 1.46. The van der Waals surface area contributed by atoms with E-state index in [2.05, 4.69) is 5.16 Å². The Morgan fingerprint density at radius 2 is 1.73 bits per heavy atom. The fourth-order valence-corrected chi connectivity index (χ4v) is 5.52. The molecule has 1 amide bonds. The van der Waals surface area contributed by atoms with Gasteiger partial charge in [0.1, 0.15) is 10.6 Å². The number of carboxylic acid groups (broad SMARTS) is 1. The minimum absolute atomic E-state index is 0.0665. The summed E-state index contributed by atoms with van der Waals surface area (Å²) in [6.45, 7) is 4.15. The van der Waals surface area contributed by atoms with Crippen molar-refractivity contribution >= 4 is 21.9 Å². The molecule has 1 N–H and O–H groups in total. The van der Waals surface area contributed by atoms with Crippen molar-refractivity contribution in [3.8, 4) is 0 Å². The molecule has 2 aliphatic rings. The molecule has 1 aliphatic heterocycles. The summed E-state index contributed by atoms with van der Waals surface area (Å²) in [4.78, 5) is 25.4. The number of aromatic nitrogens is 1. The van der Waals surface area contributed by atoms with Crippen molar-refractivity contribution in [1.29, 1.82) is 0 Å². The van der Waals surface area contributed by atoms with Crippen LogP contribution < -0.4 is 0 Å². The molecule has 3 rings (SSSR count). The summed E-state index contributed by atoms with van der Waals surface area (Å²) in [5.74, 6) is -1.39. The van der Waals surface area contributed by atoms with E-state index in [1.54, 1.807) is 18.7 Å². The summed E-state index contributed by atoms with van der Waals surface area (Å²) in [5, 5.41) is 12.8. The summed E-state index contributed by atoms with van der Waals surface area (Å²) in [5.41, 5.74) is 0.326. The van der Waals surface area contributed by atoms with E-state index in [1.807, 2.05) is 0 Å². The van der Waals surface area contributed by atoms with Crippen LogP contribution in [0, 0.1) is 25.7 Å². The zero-order chi connectivity index (χ0) is 19.1.